The zero-order valence-electron chi connectivity index (χ0n) is 8.51. The molecule has 0 saturated heterocycles. The molecule has 0 bridgehead atoms. The standard InChI is InChI=1S/C11H15BrClNO/c12-10-2-4-11(5-3-10)15-9-8-14-7-1-6-13/h2-5,14H,1,6-9H2. The van der Waals surface area contributed by atoms with Gasteiger partial charge in [-0.15, -0.1) is 11.6 Å². The van der Waals surface area contributed by atoms with E-state index in [1.54, 1.807) is 0 Å². The lowest BCUT2D eigenvalue weighted by Gasteiger charge is -2.06. The maximum absolute atomic E-state index is 5.55. The van der Waals surface area contributed by atoms with E-state index in [4.69, 9.17) is 16.3 Å². The van der Waals surface area contributed by atoms with Crippen LogP contribution in [-0.4, -0.2) is 25.6 Å². The Morgan fingerprint density at radius 3 is 2.60 bits per heavy atom. The minimum absolute atomic E-state index is 0.684. The van der Waals surface area contributed by atoms with Crippen molar-refractivity contribution in [2.45, 2.75) is 6.42 Å². The molecule has 0 heterocycles. The molecule has 0 amide bonds. The summed E-state index contributed by atoms with van der Waals surface area (Å²) in [5.74, 6) is 1.61. The predicted octanol–water partition coefficient (Wildman–Crippen LogP) is 3.05. The number of nitrogens with one attached hydrogen (secondary N) is 1. The average Bonchev–Trinajstić information content (AvgIpc) is 2.26. The zero-order chi connectivity index (χ0) is 10.9. The first-order chi connectivity index (χ1) is 7.33. The Morgan fingerprint density at radius 2 is 1.93 bits per heavy atom. The highest BCUT2D eigenvalue weighted by Crippen LogP contribution is 2.15. The van der Waals surface area contributed by atoms with Gasteiger partial charge >= 0.3 is 0 Å². The summed E-state index contributed by atoms with van der Waals surface area (Å²) < 4.78 is 6.59. The van der Waals surface area contributed by atoms with Crippen LogP contribution in [0, 0.1) is 0 Å². The predicted molar refractivity (Wildman–Crippen MR) is 67.8 cm³/mol. The molecule has 2 nitrogen and oxygen atoms in total. The van der Waals surface area contributed by atoms with Crippen molar-refractivity contribution in [2.24, 2.45) is 0 Å². The summed E-state index contributed by atoms with van der Waals surface area (Å²) >= 11 is 8.92. The summed E-state index contributed by atoms with van der Waals surface area (Å²) in [6, 6.07) is 7.83. The van der Waals surface area contributed by atoms with E-state index < -0.39 is 0 Å². The Balaban J connectivity index is 2.07. The Labute approximate surface area is 104 Å². The van der Waals surface area contributed by atoms with Crippen molar-refractivity contribution in [2.75, 3.05) is 25.6 Å². The summed E-state index contributed by atoms with van der Waals surface area (Å²) in [6.45, 7) is 2.49. The van der Waals surface area contributed by atoms with Crippen LogP contribution in [0.25, 0.3) is 0 Å². The SMILES string of the molecule is ClCCCNCCOc1ccc(Br)cc1. The third kappa shape index (κ3) is 6.03. The van der Waals surface area contributed by atoms with Crippen molar-refractivity contribution in [3.8, 4) is 5.75 Å². The van der Waals surface area contributed by atoms with Gasteiger partial charge in [-0.05, 0) is 37.2 Å². The molecule has 0 aliphatic heterocycles. The summed E-state index contributed by atoms with van der Waals surface area (Å²) in [6.07, 6.45) is 1.000. The fourth-order valence-corrected chi connectivity index (χ4v) is 1.49. The number of benzene rings is 1. The van der Waals surface area contributed by atoms with Crippen molar-refractivity contribution < 1.29 is 4.74 Å². The van der Waals surface area contributed by atoms with Gasteiger partial charge in [-0.3, -0.25) is 0 Å². The first kappa shape index (κ1) is 12.8. The monoisotopic (exact) mass is 291 g/mol. The molecule has 0 aliphatic rings. The molecule has 1 rings (SSSR count). The van der Waals surface area contributed by atoms with Gasteiger partial charge in [-0.2, -0.15) is 0 Å². The maximum atomic E-state index is 5.55. The van der Waals surface area contributed by atoms with Gasteiger partial charge in [0.2, 0.25) is 0 Å². The van der Waals surface area contributed by atoms with E-state index in [0.29, 0.717) is 12.5 Å². The van der Waals surface area contributed by atoms with Crippen molar-refractivity contribution in [1.29, 1.82) is 0 Å². The number of alkyl halides is 1. The molecular formula is C11H15BrClNO. The van der Waals surface area contributed by atoms with Gasteiger partial charge in [-0.1, -0.05) is 15.9 Å². The summed E-state index contributed by atoms with van der Waals surface area (Å²) in [4.78, 5) is 0. The quantitative estimate of drug-likeness (QED) is 0.616. The van der Waals surface area contributed by atoms with E-state index in [0.717, 1.165) is 29.7 Å². The molecule has 0 fully saturated rings. The lowest BCUT2D eigenvalue weighted by molar-refractivity contribution is 0.314. The van der Waals surface area contributed by atoms with Crippen LogP contribution in [0.4, 0.5) is 0 Å². The second kappa shape index (κ2) is 7.97. The Morgan fingerprint density at radius 1 is 1.20 bits per heavy atom. The molecule has 0 spiro atoms. The largest absolute Gasteiger partial charge is 0.492 e. The summed E-state index contributed by atoms with van der Waals surface area (Å²) in [7, 11) is 0. The van der Waals surface area contributed by atoms with Gasteiger partial charge in [0.05, 0.1) is 0 Å². The lowest BCUT2D eigenvalue weighted by atomic mass is 10.3. The molecule has 0 unspecified atom stereocenters. The van der Waals surface area contributed by atoms with Crippen LogP contribution in [0.1, 0.15) is 6.42 Å². The molecule has 4 heteroatoms. The average molecular weight is 293 g/mol. The highest BCUT2D eigenvalue weighted by atomic mass is 79.9. The molecule has 0 atom stereocenters. The number of ether oxygens (including phenoxy) is 1. The van der Waals surface area contributed by atoms with Crippen molar-refractivity contribution >= 4 is 27.5 Å². The highest BCUT2D eigenvalue weighted by molar-refractivity contribution is 9.10. The molecule has 0 aliphatic carbocycles. The molecule has 1 N–H and O–H groups in total. The van der Waals surface area contributed by atoms with E-state index in [2.05, 4.69) is 21.2 Å². The van der Waals surface area contributed by atoms with Crippen LogP contribution in [-0.2, 0) is 0 Å². The third-order valence-corrected chi connectivity index (χ3v) is 2.64. The minimum atomic E-state index is 0.684. The lowest BCUT2D eigenvalue weighted by Crippen LogP contribution is -2.22. The van der Waals surface area contributed by atoms with Crippen LogP contribution < -0.4 is 10.1 Å². The number of halogens is 2. The second-order valence-electron chi connectivity index (χ2n) is 3.09. The highest BCUT2D eigenvalue weighted by Gasteiger charge is 1.93. The normalized spacial score (nSPS) is 10.3. The Bertz CT molecular complexity index is 266. The first-order valence-electron chi connectivity index (χ1n) is 4.98. The van der Waals surface area contributed by atoms with E-state index >= 15 is 0 Å². The fourth-order valence-electron chi connectivity index (χ4n) is 1.09. The zero-order valence-corrected chi connectivity index (χ0v) is 10.9. The maximum Gasteiger partial charge on any atom is 0.119 e. The van der Waals surface area contributed by atoms with E-state index in [1.165, 1.54) is 0 Å². The minimum Gasteiger partial charge on any atom is -0.492 e. The van der Waals surface area contributed by atoms with Crippen LogP contribution in [0.15, 0.2) is 28.7 Å². The third-order valence-electron chi connectivity index (χ3n) is 1.85. The van der Waals surface area contributed by atoms with Crippen LogP contribution in [0.3, 0.4) is 0 Å². The molecule has 1 aromatic carbocycles. The smallest absolute Gasteiger partial charge is 0.119 e. The Kier molecular flexibility index (Phi) is 6.81. The molecule has 15 heavy (non-hydrogen) atoms. The van der Waals surface area contributed by atoms with Gasteiger partial charge in [-0.25, -0.2) is 0 Å². The van der Waals surface area contributed by atoms with Crippen molar-refractivity contribution in [1.82, 2.24) is 5.32 Å². The van der Waals surface area contributed by atoms with Gasteiger partial charge in [0, 0.05) is 16.9 Å². The van der Waals surface area contributed by atoms with Crippen LogP contribution in [0.2, 0.25) is 0 Å². The van der Waals surface area contributed by atoms with Gasteiger partial charge in [0.25, 0.3) is 0 Å². The fraction of sp³-hybridized carbons (Fsp3) is 0.455. The van der Waals surface area contributed by atoms with Gasteiger partial charge in [0.1, 0.15) is 12.4 Å². The topological polar surface area (TPSA) is 21.3 Å². The van der Waals surface area contributed by atoms with Crippen molar-refractivity contribution in [3.05, 3.63) is 28.7 Å². The van der Waals surface area contributed by atoms with E-state index in [-0.39, 0.29) is 0 Å². The molecule has 0 aromatic heterocycles. The van der Waals surface area contributed by atoms with Crippen LogP contribution in [0.5, 0.6) is 5.75 Å². The van der Waals surface area contributed by atoms with Gasteiger partial charge in [0.15, 0.2) is 0 Å². The summed E-state index contributed by atoms with van der Waals surface area (Å²) in [5.41, 5.74) is 0. The second-order valence-corrected chi connectivity index (χ2v) is 4.39. The molecule has 84 valence electrons. The molecule has 0 saturated carbocycles. The molecular weight excluding hydrogens is 277 g/mol. The Hall–Kier alpha value is -0.250. The number of hydrogen-bond acceptors (Lipinski definition) is 2. The van der Waals surface area contributed by atoms with E-state index in [9.17, 15) is 0 Å². The first-order valence-corrected chi connectivity index (χ1v) is 6.31. The van der Waals surface area contributed by atoms with E-state index in [1.807, 2.05) is 24.3 Å². The number of rotatable bonds is 7. The van der Waals surface area contributed by atoms with Crippen molar-refractivity contribution in [3.63, 3.8) is 0 Å². The summed E-state index contributed by atoms with van der Waals surface area (Å²) in [5, 5.41) is 3.25. The van der Waals surface area contributed by atoms with Crippen LogP contribution >= 0.6 is 27.5 Å². The molecule has 1 aromatic rings. The molecule has 0 radical (unpaired) electrons. The number of hydrogen-bond donors (Lipinski definition) is 1. The van der Waals surface area contributed by atoms with Gasteiger partial charge < -0.3 is 10.1 Å².